The smallest absolute Gasteiger partial charge is 0.357 e. The third kappa shape index (κ3) is 4.48. The number of nitrogens with one attached hydrogen (secondary N) is 1. The van der Waals surface area contributed by atoms with Crippen molar-refractivity contribution in [3.63, 3.8) is 0 Å². The van der Waals surface area contributed by atoms with E-state index >= 15 is 0 Å². The summed E-state index contributed by atoms with van der Waals surface area (Å²) in [6.07, 6.45) is -3.33. The Bertz CT molecular complexity index is 984. The summed E-state index contributed by atoms with van der Waals surface area (Å²) in [5.41, 5.74) is -0.954. The molecule has 27 heavy (non-hydrogen) atoms. The van der Waals surface area contributed by atoms with Crippen LogP contribution in [0.3, 0.4) is 0 Å². The fourth-order valence-corrected chi connectivity index (χ4v) is 3.06. The van der Waals surface area contributed by atoms with Crippen LogP contribution in [0, 0.1) is 11.6 Å². The van der Waals surface area contributed by atoms with Gasteiger partial charge in [-0.3, -0.25) is 4.79 Å². The first kappa shape index (κ1) is 19.0. The van der Waals surface area contributed by atoms with Crippen molar-refractivity contribution in [3.8, 4) is 0 Å². The highest BCUT2D eigenvalue weighted by Gasteiger charge is 2.31. The van der Waals surface area contributed by atoms with Crippen LogP contribution in [0.25, 0.3) is 0 Å². The van der Waals surface area contributed by atoms with Crippen LogP contribution in [0.5, 0.6) is 0 Å². The monoisotopic (exact) mass is 398 g/mol. The summed E-state index contributed by atoms with van der Waals surface area (Å²) >= 11 is 0.909. The SMILES string of the molecule is O=C(c1cccc(C(F)(F)F)c1)c1cnc(NCc2cc(F)ccc2F)s1. The van der Waals surface area contributed by atoms with Crippen molar-refractivity contribution in [2.75, 3.05) is 5.32 Å². The van der Waals surface area contributed by atoms with Crippen LogP contribution in [0.2, 0.25) is 0 Å². The third-order valence-electron chi connectivity index (χ3n) is 3.62. The quantitative estimate of drug-likeness (QED) is 0.470. The fourth-order valence-electron chi connectivity index (χ4n) is 2.29. The lowest BCUT2D eigenvalue weighted by Crippen LogP contribution is -2.07. The standard InChI is InChI=1S/C18H11F5N2OS/c19-13-4-5-14(20)11(7-13)8-24-17-25-9-15(27-17)16(26)10-2-1-3-12(6-10)18(21,22)23/h1-7,9H,8H2,(H,24,25). The second-order valence-electron chi connectivity index (χ2n) is 5.53. The van der Waals surface area contributed by atoms with Gasteiger partial charge in [-0.1, -0.05) is 23.5 Å². The van der Waals surface area contributed by atoms with E-state index < -0.39 is 29.2 Å². The van der Waals surface area contributed by atoms with E-state index in [2.05, 4.69) is 10.3 Å². The number of nitrogens with zero attached hydrogens (tertiary/aromatic N) is 1. The first-order valence-corrected chi connectivity index (χ1v) is 8.41. The van der Waals surface area contributed by atoms with Gasteiger partial charge in [-0.15, -0.1) is 0 Å². The maximum Gasteiger partial charge on any atom is 0.416 e. The Hall–Kier alpha value is -2.81. The zero-order valence-electron chi connectivity index (χ0n) is 13.5. The minimum Gasteiger partial charge on any atom is -0.357 e. The minimum absolute atomic E-state index is 0.0612. The molecule has 140 valence electrons. The van der Waals surface area contributed by atoms with Gasteiger partial charge in [0.05, 0.1) is 16.6 Å². The summed E-state index contributed by atoms with van der Waals surface area (Å²) in [7, 11) is 0. The summed E-state index contributed by atoms with van der Waals surface area (Å²) in [6, 6.07) is 7.12. The number of alkyl halides is 3. The topological polar surface area (TPSA) is 42.0 Å². The summed E-state index contributed by atoms with van der Waals surface area (Å²) in [4.78, 5) is 16.4. The maximum absolute atomic E-state index is 13.6. The normalized spacial score (nSPS) is 11.4. The second kappa shape index (κ2) is 7.43. The molecular weight excluding hydrogens is 387 g/mol. The zero-order valence-corrected chi connectivity index (χ0v) is 14.3. The molecule has 1 aromatic heterocycles. The van der Waals surface area contributed by atoms with Crippen molar-refractivity contribution >= 4 is 22.3 Å². The number of thiazole rings is 1. The van der Waals surface area contributed by atoms with Gasteiger partial charge in [0.25, 0.3) is 0 Å². The van der Waals surface area contributed by atoms with E-state index in [0.717, 1.165) is 47.7 Å². The predicted octanol–water partition coefficient (Wildman–Crippen LogP) is 5.28. The van der Waals surface area contributed by atoms with E-state index in [9.17, 15) is 26.7 Å². The van der Waals surface area contributed by atoms with Crippen molar-refractivity contribution in [1.29, 1.82) is 0 Å². The van der Waals surface area contributed by atoms with Crippen molar-refractivity contribution in [2.24, 2.45) is 0 Å². The number of ketones is 1. The predicted molar refractivity (Wildman–Crippen MR) is 90.7 cm³/mol. The Kier molecular flexibility index (Phi) is 5.22. The molecule has 1 N–H and O–H groups in total. The average molecular weight is 398 g/mol. The van der Waals surface area contributed by atoms with Gasteiger partial charge < -0.3 is 5.32 Å². The van der Waals surface area contributed by atoms with Gasteiger partial charge in [0.15, 0.2) is 5.13 Å². The molecule has 9 heteroatoms. The molecular formula is C18H11F5N2OS. The van der Waals surface area contributed by atoms with Crippen LogP contribution in [0.1, 0.15) is 26.4 Å². The summed E-state index contributed by atoms with van der Waals surface area (Å²) in [5.74, 6) is -1.79. The molecule has 0 atom stereocenters. The largest absolute Gasteiger partial charge is 0.416 e. The lowest BCUT2D eigenvalue weighted by Gasteiger charge is -2.07. The van der Waals surface area contributed by atoms with E-state index in [4.69, 9.17) is 0 Å². The Morgan fingerprint density at radius 2 is 1.89 bits per heavy atom. The van der Waals surface area contributed by atoms with Crippen molar-refractivity contribution in [1.82, 2.24) is 4.98 Å². The van der Waals surface area contributed by atoms with Gasteiger partial charge in [-0.25, -0.2) is 13.8 Å². The molecule has 0 saturated heterocycles. The fraction of sp³-hybridized carbons (Fsp3) is 0.111. The van der Waals surface area contributed by atoms with E-state index in [0.29, 0.717) is 0 Å². The van der Waals surface area contributed by atoms with Crippen LogP contribution in [-0.2, 0) is 12.7 Å². The molecule has 0 spiro atoms. The molecule has 0 amide bonds. The van der Waals surface area contributed by atoms with Gasteiger partial charge in [-0.2, -0.15) is 13.2 Å². The third-order valence-corrected chi connectivity index (χ3v) is 4.57. The number of rotatable bonds is 5. The highest BCUT2D eigenvalue weighted by atomic mass is 32.1. The molecule has 0 unspecified atom stereocenters. The Balaban J connectivity index is 1.74. The first-order valence-electron chi connectivity index (χ1n) is 7.59. The molecule has 3 aromatic rings. The summed E-state index contributed by atoms with van der Waals surface area (Å²) in [5, 5.41) is 3.02. The van der Waals surface area contributed by atoms with Crippen LogP contribution in [-0.4, -0.2) is 10.8 Å². The average Bonchev–Trinajstić information content (AvgIpc) is 3.10. The van der Waals surface area contributed by atoms with Crippen LogP contribution in [0.4, 0.5) is 27.1 Å². The van der Waals surface area contributed by atoms with Crippen molar-refractivity contribution < 1.29 is 26.7 Å². The molecule has 3 rings (SSSR count). The van der Waals surface area contributed by atoms with Gasteiger partial charge in [0.1, 0.15) is 11.6 Å². The van der Waals surface area contributed by atoms with Gasteiger partial charge in [0, 0.05) is 17.7 Å². The summed E-state index contributed by atoms with van der Waals surface area (Å²) in [6.45, 7) is -0.0612. The highest BCUT2D eigenvalue weighted by molar-refractivity contribution is 7.17. The Labute approximate surface area is 154 Å². The molecule has 0 aliphatic heterocycles. The molecule has 2 aromatic carbocycles. The second-order valence-corrected chi connectivity index (χ2v) is 6.56. The molecule has 0 bridgehead atoms. The highest BCUT2D eigenvalue weighted by Crippen LogP contribution is 2.30. The number of anilines is 1. The maximum atomic E-state index is 13.6. The number of halogens is 5. The number of aromatic nitrogens is 1. The van der Waals surface area contributed by atoms with Gasteiger partial charge >= 0.3 is 6.18 Å². The molecule has 0 radical (unpaired) electrons. The number of hydrogen-bond donors (Lipinski definition) is 1. The van der Waals surface area contributed by atoms with Crippen LogP contribution in [0.15, 0.2) is 48.7 Å². The van der Waals surface area contributed by atoms with Crippen LogP contribution >= 0.6 is 11.3 Å². The van der Waals surface area contributed by atoms with E-state index in [1.54, 1.807) is 0 Å². The lowest BCUT2D eigenvalue weighted by atomic mass is 10.1. The van der Waals surface area contributed by atoms with E-state index in [1.807, 2.05) is 0 Å². The number of hydrogen-bond acceptors (Lipinski definition) is 4. The lowest BCUT2D eigenvalue weighted by molar-refractivity contribution is -0.137. The van der Waals surface area contributed by atoms with Gasteiger partial charge in [0.2, 0.25) is 5.78 Å². The first-order chi connectivity index (χ1) is 12.7. The molecule has 0 aliphatic rings. The number of carbonyl (C=O) groups is 1. The zero-order chi connectivity index (χ0) is 19.6. The number of benzene rings is 2. The van der Waals surface area contributed by atoms with Gasteiger partial charge in [-0.05, 0) is 30.3 Å². The molecule has 3 nitrogen and oxygen atoms in total. The Morgan fingerprint density at radius 1 is 1.11 bits per heavy atom. The molecule has 1 heterocycles. The molecule has 0 saturated carbocycles. The molecule has 0 aliphatic carbocycles. The van der Waals surface area contributed by atoms with Crippen molar-refractivity contribution in [3.05, 3.63) is 81.9 Å². The van der Waals surface area contributed by atoms with E-state index in [-0.39, 0.29) is 27.7 Å². The number of carbonyl (C=O) groups excluding carboxylic acids is 1. The Morgan fingerprint density at radius 3 is 2.63 bits per heavy atom. The molecule has 0 fully saturated rings. The summed E-state index contributed by atoms with van der Waals surface area (Å²) < 4.78 is 65.1. The van der Waals surface area contributed by atoms with Crippen molar-refractivity contribution in [2.45, 2.75) is 12.7 Å². The van der Waals surface area contributed by atoms with Crippen LogP contribution < -0.4 is 5.32 Å². The van der Waals surface area contributed by atoms with E-state index in [1.165, 1.54) is 12.3 Å². The minimum atomic E-state index is -4.55.